The zero-order chi connectivity index (χ0) is 14.8. The van der Waals surface area contributed by atoms with E-state index in [2.05, 4.69) is 0 Å². The highest BCUT2D eigenvalue weighted by molar-refractivity contribution is 5.83. The minimum Gasteiger partial charge on any atom is -0.497 e. The van der Waals surface area contributed by atoms with E-state index < -0.39 is 5.63 Å². The van der Waals surface area contributed by atoms with Crippen molar-refractivity contribution in [3.8, 4) is 22.6 Å². The molecule has 1 heterocycles. The first-order valence-electron chi connectivity index (χ1n) is 6.48. The number of fused-ring (bicyclic) bond motifs is 1. The van der Waals surface area contributed by atoms with Crippen LogP contribution in [0.25, 0.3) is 22.1 Å². The number of ether oxygens (including phenoxy) is 2. The van der Waals surface area contributed by atoms with Crippen molar-refractivity contribution in [2.75, 3.05) is 14.2 Å². The Labute approximate surface area is 121 Å². The van der Waals surface area contributed by atoms with Crippen LogP contribution in [0.4, 0.5) is 0 Å². The molecule has 0 aliphatic rings. The van der Waals surface area contributed by atoms with Gasteiger partial charge in [-0.1, -0.05) is 18.2 Å². The molecule has 2 aromatic carbocycles. The number of hydrogen-bond acceptors (Lipinski definition) is 4. The van der Waals surface area contributed by atoms with Gasteiger partial charge in [-0.3, -0.25) is 0 Å². The Morgan fingerprint density at radius 3 is 2.48 bits per heavy atom. The highest BCUT2D eigenvalue weighted by Gasteiger charge is 2.13. The van der Waals surface area contributed by atoms with E-state index in [0.29, 0.717) is 28.2 Å². The minimum absolute atomic E-state index is 0.392. The van der Waals surface area contributed by atoms with Crippen LogP contribution in [0.2, 0.25) is 0 Å². The van der Waals surface area contributed by atoms with E-state index in [1.807, 2.05) is 24.3 Å². The van der Waals surface area contributed by atoms with Crippen molar-refractivity contribution < 1.29 is 13.9 Å². The van der Waals surface area contributed by atoms with Gasteiger partial charge in [0.05, 0.1) is 19.8 Å². The number of benzene rings is 2. The van der Waals surface area contributed by atoms with E-state index in [-0.39, 0.29) is 0 Å². The maximum absolute atomic E-state index is 12.2. The van der Waals surface area contributed by atoms with E-state index in [1.54, 1.807) is 38.5 Å². The first-order valence-corrected chi connectivity index (χ1v) is 6.48. The van der Waals surface area contributed by atoms with Crippen molar-refractivity contribution in [3.05, 3.63) is 59.0 Å². The van der Waals surface area contributed by atoms with Crippen molar-refractivity contribution in [2.24, 2.45) is 0 Å². The third-order valence-corrected chi connectivity index (χ3v) is 3.34. The van der Waals surface area contributed by atoms with E-state index >= 15 is 0 Å². The summed E-state index contributed by atoms with van der Waals surface area (Å²) in [5.41, 5.74) is 1.32. The van der Waals surface area contributed by atoms with Gasteiger partial charge in [0, 0.05) is 17.0 Å². The van der Waals surface area contributed by atoms with Gasteiger partial charge < -0.3 is 13.9 Å². The van der Waals surface area contributed by atoms with Crippen LogP contribution in [0.15, 0.2) is 57.7 Å². The Hall–Kier alpha value is -2.75. The van der Waals surface area contributed by atoms with E-state index in [4.69, 9.17) is 13.9 Å². The molecule has 106 valence electrons. The predicted octanol–water partition coefficient (Wildman–Crippen LogP) is 3.48. The van der Waals surface area contributed by atoms with Crippen LogP contribution >= 0.6 is 0 Å². The summed E-state index contributed by atoms with van der Waals surface area (Å²) in [6.07, 6.45) is 0. The quantitative estimate of drug-likeness (QED) is 0.690. The molecule has 3 aromatic rings. The summed E-state index contributed by atoms with van der Waals surface area (Å²) in [5, 5.41) is 0.866. The van der Waals surface area contributed by atoms with Gasteiger partial charge in [-0.05, 0) is 24.3 Å². The number of hydrogen-bond donors (Lipinski definition) is 0. The first-order chi connectivity index (χ1) is 10.2. The number of methoxy groups -OCH3 is 2. The molecular formula is C17H14O4. The molecule has 3 rings (SSSR count). The van der Waals surface area contributed by atoms with Crippen molar-refractivity contribution in [3.63, 3.8) is 0 Å². The molecule has 0 bridgehead atoms. The second-order valence-electron chi connectivity index (χ2n) is 4.55. The summed E-state index contributed by atoms with van der Waals surface area (Å²) < 4.78 is 15.9. The molecule has 21 heavy (non-hydrogen) atoms. The monoisotopic (exact) mass is 282 g/mol. The van der Waals surface area contributed by atoms with Crippen molar-refractivity contribution >= 4 is 11.0 Å². The molecule has 0 saturated carbocycles. The van der Waals surface area contributed by atoms with Gasteiger partial charge in [0.25, 0.3) is 0 Å². The summed E-state index contributed by atoms with van der Waals surface area (Å²) in [4.78, 5) is 12.2. The van der Waals surface area contributed by atoms with Crippen molar-refractivity contribution in [1.82, 2.24) is 0 Å². The van der Waals surface area contributed by atoms with E-state index in [9.17, 15) is 4.79 Å². The van der Waals surface area contributed by atoms with Crippen LogP contribution in [0, 0.1) is 0 Å². The maximum atomic E-state index is 12.2. The lowest BCUT2D eigenvalue weighted by atomic mass is 10.0. The Kier molecular flexibility index (Phi) is 3.36. The van der Waals surface area contributed by atoms with Gasteiger partial charge in [0.2, 0.25) is 0 Å². The smallest absolute Gasteiger partial charge is 0.344 e. The van der Waals surface area contributed by atoms with Gasteiger partial charge in [-0.25, -0.2) is 4.79 Å². The highest BCUT2D eigenvalue weighted by Crippen LogP contribution is 2.32. The summed E-state index contributed by atoms with van der Waals surface area (Å²) in [5.74, 6) is 1.23. The molecule has 0 spiro atoms. The zero-order valence-electron chi connectivity index (χ0n) is 11.8. The van der Waals surface area contributed by atoms with Crippen LogP contribution in [0.1, 0.15) is 0 Å². The van der Waals surface area contributed by atoms with Crippen LogP contribution < -0.4 is 15.1 Å². The SMILES string of the molecule is COc1ccc(-c2cc3ccccc3oc2=O)c(OC)c1. The average Bonchev–Trinajstić information content (AvgIpc) is 2.53. The largest absolute Gasteiger partial charge is 0.497 e. The lowest BCUT2D eigenvalue weighted by Crippen LogP contribution is -2.04. The normalized spacial score (nSPS) is 10.6. The fourth-order valence-corrected chi connectivity index (χ4v) is 2.27. The molecule has 1 aromatic heterocycles. The Bertz CT molecular complexity index is 849. The summed E-state index contributed by atoms with van der Waals surface area (Å²) in [6.45, 7) is 0. The van der Waals surface area contributed by atoms with Gasteiger partial charge in [-0.15, -0.1) is 0 Å². The number of para-hydroxylation sites is 1. The second kappa shape index (κ2) is 5.32. The molecule has 0 fully saturated rings. The molecule has 4 heteroatoms. The van der Waals surface area contributed by atoms with Crippen LogP contribution in [0.5, 0.6) is 11.5 Å². The van der Waals surface area contributed by atoms with Crippen LogP contribution in [0.3, 0.4) is 0 Å². The third kappa shape index (κ3) is 2.36. The van der Waals surface area contributed by atoms with Crippen LogP contribution in [-0.4, -0.2) is 14.2 Å². The summed E-state index contributed by atoms with van der Waals surface area (Å²) >= 11 is 0. The highest BCUT2D eigenvalue weighted by atomic mass is 16.5. The van der Waals surface area contributed by atoms with Gasteiger partial charge >= 0.3 is 5.63 Å². The zero-order valence-corrected chi connectivity index (χ0v) is 11.8. The van der Waals surface area contributed by atoms with Gasteiger partial charge in [0.15, 0.2) is 0 Å². The lowest BCUT2D eigenvalue weighted by Gasteiger charge is -2.10. The molecule has 0 saturated heterocycles. The summed E-state index contributed by atoms with van der Waals surface area (Å²) in [6, 6.07) is 14.5. The maximum Gasteiger partial charge on any atom is 0.344 e. The molecule has 0 amide bonds. The molecule has 0 unspecified atom stereocenters. The summed E-state index contributed by atoms with van der Waals surface area (Å²) in [7, 11) is 3.14. The standard InChI is InChI=1S/C17H14O4/c1-19-12-7-8-13(16(10-12)20-2)14-9-11-5-3-4-6-15(11)21-17(14)18/h3-10H,1-2H3. The Morgan fingerprint density at radius 1 is 0.905 bits per heavy atom. The van der Waals surface area contributed by atoms with Gasteiger partial charge in [0.1, 0.15) is 17.1 Å². The van der Waals surface area contributed by atoms with Gasteiger partial charge in [-0.2, -0.15) is 0 Å². The topological polar surface area (TPSA) is 48.7 Å². The van der Waals surface area contributed by atoms with Crippen molar-refractivity contribution in [2.45, 2.75) is 0 Å². The lowest BCUT2D eigenvalue weighted by molar-refractivity contribution is 0.395. The average molecular weight is 282 g/mol. The second-order valence-corrected chi connectivity index (χ2v) is 4.55. The Balaban J connectivity index is 2.24. The first kappa shape index (κ1) is 13.2. The van der Waals surface area contributed by atoms with Crippen LogP contribution in [-0.2, 0) is 0 Å². The fraction of sp³-hybridized carbons (Fsp3) is 0.118. The molecular weight excluding hydrogens is 268 g/mol. The molecule has 0 atom stereocenters. The molecule has 4 nitrogen and oxygen atoms in total. The molecule has 0 aliphatic heterocycles. The molecule has 0 N–H and O–H groups in total. The van der Waals surface area contributed by atoms with E-state index in [1.165, 1.54) is 0 Å². The molecule has 0 aliphatic carbocycles. The molecule has 0 radical (unpaired) electrons. The third-order valence-electron chi connectivity index (χ3n) is 3.34. The minimum atomic E-state index is -0.392. The predicted molar refractivity (Wildman–Crippen MR) is 81.0 cm³/mol. The number of rotatable bonds is 3. The van der Waals surface area contributed by atoms with E-state index in [0.717, 1.165) is 5.39 Å². The fourth-order valence-electron chi connectivity index (χ4n) is 2.27. The van der Waals surface area contributed by atoms with Crippen molar-refractivity contribution in [1.29, 1.82) is 0 Å². The Morgan fingerprint density at radius 2 is 1.71 bits per heavy atom.